The molecule has 0 fully saturated rings. The van der Waals surface area contributed by atoms with E-state index < -0.39 is 20.7 Å². The van der Waals surface area contributed by atoms with Gasteiger partial charge in [0.25, 0.3) is 11.6 Å². The Labute approximate surface area is 176 Å². The topological polar surface area (TPSA) is 132 Å². The lowest BCUT2D eigenvalue weighted by atomic mass is 10.1. The lowest BCUT2D eigenvalue weighted by Crippen LogP contribution is -2.12. The molecule has 0 atom stereocenters. The number of rotatable bonds is 7. The van der Waals surface area contributed by atoms with Crippen molar-refractivity contribution in [3.8, 4) is 0 Å². The lowest BCUT2D eigenvalue weighted by Gasteiger charge is -2.03. The maximum atomic E-state index is 12.4. The van der Waals surface area contributed by atoms with Crippen LogP contribution in [0.5, 0.6) is 0 Å². The van der Waals surface area contributed by atoms with Crippen molar-refractivity contribution in [2.75, 3.05) is 11.1 Å². The highest BCUT2D eigenvalue weighted by Crippen LogP contribution is 2.22. The van der Waals surface area contributed by atoms with Crippen molar-refractivity contribution in [1.82, 2.24) is 10.2 Å². The molecular formula is C19H18N4O5S2. The number of aryl methyl sites for hydroxylation is 3. The first-order valence-corrected chi connectivity index (χ1v) is 11.3. The number of carbonyl (C=O) groups is 1. The monoisotopic (exact) mass is 446 g/mol. The van der Waals surface area contributed by atoms with E-state index in [-0.39, 0.29) is 33.5 Å². The average molecular weight is 447 g/mol. The van der Waals surface area contributed by atoms with Crippen molar-refractivity contribution in [3.05, 3.63) is 74.3 Å². The van der Waals surface area contributed by atoms with Gasteiger partial charge in [-0.3, -0.25) is 20.2 Å². The van der Waals surface area contributed by atoms with Gasteiger partial charge in [0.15, 0.2) is 9.84 Å². The number of nitrogens with zero attached hydrogens (tertiary/aromatic N) is 3. The van der Waals surface area contributed by atoms with Crippen LogP contribution in [0.1, 0.15) is 26.5 Å². The minimum atomic E-state index is -3.46. The Kier molecular flexibility index (Phi) is 6.22. The zero-order valence-electron chi connectivity index (χ0n) is 16.2. The standard InChI is InChI=1S/C19H18N4O5S2/c1-12-3-7-15(8-4-12)30(27,28)10-9-17-21-22-19(29-17)20-18(24)14-6-5-13(2)16(11-14)23(25)26/h3-8,11H,9-10H2,1-2H3,(H,20,22,24). The Balaban J connectivity index is 1.65. The number of sulfone groups is 1. The number of anilines is 1. The number of hydrogen-bond acceptors (Lipinski definition) is 8. The van der Waals surface area contributed by atoms with Gasteiger partial charge in [0.1, 0.15) is 5.01 Å². The second kappa shape index (κ2) is 8.67. The number of benzene rings is 2. The van der Waals surface area contributed by atoms with Crippen LogP contribution < -0.4 is 5.32 Å². The van der Waals surface area contributed by atoms with Crippen LogP contribution in [0.2, 0.25) is 0 Å². The molecule has 30 heavy (non-hydrogen) atoms. The molecule has 1 heterocycles. The van der Waals surface area contributed by atoms with Crippen LogP contribution in [-0.2, 0) is 16.3 Å². The van der Waals surface area contributed by atoms with Gasteiger partial charge in [0, 0.05) is 23.6 Å². The second-order valence-corrected chi connectivity index (χ2v) is 9.77. The molecule has 1 aromatic heterocycles. The lowest BCUT2D eigenvalue weighted by molar-refractivity contribution is -0.385. The molecule has 9 nitrogen and oxygen atoms in total. The van der Waals surface area contributed by atoms with Gasteiger partial charge in [-0.25, -0.2) is 8.42 Å². The molecule has 0 aliphatic heterocycles. The number of nitrogens with one attached hydrogen (secondary N) is 1. The summed E-state index contributed by atoms with van der Waals surface area (Å²) in [5, 5.41) is 22.0. The summed E-state index contributed by atoms with van der Waals surface area (Å²) in [7, 11) is -3.46. The van der Waals surface area contributed by atoms with Crippen molar-refractivity contribution in [3.63, 3.8) is 0 Å². The summed E-state index contributed by atoms with van der Waals surface area (Å²) in [6.07, 6.45) is 0.153. The molecule has 1 amide bonds. The highest BCUT2D eigenvalue weighted by Gasteiger charge is 2.18. The number of hydrogen-bond donors (Lipinski definition) is 1. The normalized spacial score (nSPS) is 11.3. The van der Waals surface area contributed by atoms with Crippen LogP contribution in [0.25, 0.3) is 0 Å². The summed E-state index contributed by atoms with van der Waals surface area (Å²) >= 11 is 1.06. The molecule has 0 aliphatic carbocycles. The van der Waals surface area contributed by atoms with Crippen LogP contribution in [0.4, 0.5) is 10.8 Å². The zero-order valence-corrected chi connectivity index (χ0v) is 17.8. The fourth-order valence-electron chi connectivity index (χ4n) is 2.61. The van der Waals surface area contributed by atoms with Gasteiger partial charge in [0.2, 0.25) is 5.13 Å². The van der Waals surface area contributed by atoms with Gasteiger partial charge < -0.3 is 0 Å². The molecule has 2 aromatic carbocycles. The number of carbonyl (C=O) groups excluding carboxylic acids is 1. The van der Waals surface area contributed by atoms with E-state index in [1.807, 2.05) is 6.92 Å². The fraction of sp³-hybridized carbons (Fsp3) is 0.211. The van der Waals surface area contributed by atoms with Gasteiger partial charge >= 0.3 is 0 Å². The van der Waals surface area contributed by atoms with E-state index in [2.05, 4.69) is 15.5 Å². The van der Waals surface area contributed by atoms with Crippen LogP contribution in [0.3, 0.4) is 0 Å². The largest absolute Gasteiger partial charge is 0.296 e. The molecule has 0 saturated heterocycles. The summed E-state index contributed by atoms with van der Waals surface area (Å²) in [6.45, 7) is 3.46. The van der Waals surface area contributed by atoms with Crippen molar-refractivity contribution in [1.29, 1.82) is 0 Å². The van der Waals surface area contributed by atoms with Crippen molar-refractivity contribution in [2.24, 2.45) is 0 Å². The minimum absolute atomic E-state index is 0.117. The highest BCUT2D eigenvalue weighted by atomic mass is 32.2. The molecule has 3 rings (SSSR count). The number of aromatic nitrogens is 2. The van der Waals surface area contributed by atoms with Crippen LogP contribution >= 0.6 is 11.3 Å². The molecule has 1 N–H and O–H groups in total. The molecule has 3 aromatic rings. The second-order valence-electron chi connectivity index (χ2n) is 6.60. The van der Waals surface area contributed by atoms with E-state index in [0.29, 0.717) is 10.6 Å². The van der Waals surface area contributed by atoms with Crippen LogP contribution in [-0.4, -0.2) is 35.2 Å². The van der Waals surface area contributed by atoms with Gasteiger partial charge in [-0.2, -0.15) is 0 Å². The van der Waals surface area contributed by atoms with Crippen molar-refractivity contribution in [2.45, 2.75) is 25.2 Å². The maximum absolute atomic E-state index is 12.4. The molecule has 0 unspecified atom stereocenters. The van der Waals surface area contributed by atoms with Crippen molar-refractivity contribution >= 4 is 37.9 Å². The quantitative estimate of drug-likeness (QED) is 0.435. The molecular weight excluding hydrogens is 428 g/mol. The minimum Gasteiger partial charge on any atom is -0.296 e. The average Bonchev–Trinajstić information content (AvgIpc) is 3.14. The third-order valence-corrected chi connectivity index (χ3v) is 6.95. The zero-order chi connectivity index (χ0) is 21.9. The predicted molar refractivity (Wildman–Crippen MR) is 113 cm³/mol. The molecule has 0 bridgehead atoms. The molecule has 156 valence electrons. The Morgan fingerprint density at radius 3 is 2.50 bits per heavy atom. The van der Waals surface area contributed by atoms with Crippen LogP contribution in [0.15, 0.2) is 47.4 Å². The number of nitro groups is 1. The van der Waals surface area contributed by atoms with Gasteiger partial charge in [-0.05, 0) is 32.0 Å². The molecule has 0 saturated carbocycles. The van der Waals surface area contributed by atoms with E-state index in [9.17, 15) is 23.3 Å². The molecule has 0 aliphatic rings. The van der Waals surface area contributed by atoms with E-state index in [0.717, 1.165) is 16.9 Å². The first kappa shape index (κ1) is 21.5. The first-order valence-electron chi connectivity index (χ1n) is 8.84. The maximum Gasteiger partial charge on any atom is 0.273 e. The van der Waals surface area contributed by atoms with Crippen LogP contribution in [0, 0.1) is 24.0 Å². The van der Waals surface area contributed by atoms with Gasteiger partial charge in [-0.1, -0.05) is 35.1 Å². The molecule has 11 heteroatoms. The SMILES string of the molecule is Cc1ccc(S(=O)(=O)CCc2nnc(NC(=O)c3ccc(C)c([N+](=O)[O-])c3)s2)cc1. The van der Waals surface area contributed by atoms with Gasteiger partial charge in [-0.15, -0.1) is 10.2 Å². The first-order chi connectivity index (χ1) is 14.2. The third kappa shape index (κ3) is 5.05. The van der Waals surface area contributed by atoms with Gasteiger partial charge in [0.05, 0.1) is 15.6 Å². The summed E-state index contributed by atoms with van der Waals surface area (Å²) in [5.74, 6) is -0.698. The Morgan fingerprint density at radius 2 is 1.83 bits per heavy atom. The van der Waals surface area contributed by atoms with Crippen molar-refractivity contribution < 1.29 is 18.1 Å². The molecule has 0 spiro atoms. The Hall–Kier alpha value is -3.18. The van der Waals surface area contributed by atoms with E-state index in [4.69, 9.17) is 0 Å². The summed E-state index contributed by atoms with van der Waals surface area (Å²) in [5.41, 5.74) is 1.38. The number of amides is 1. The summed E-state index contributed by atoms with van der Waals surface area (Å²) in [4.78, 5) is 23.1. The predicted octanol–water partition coefficient (Wildman–Crippen LogP) is 3.33. The highest BCUT2D eigenvalue weighted by molar-refractivity contribution is 7.91. The summed E-state index contributed by atoms with van der Waals surface area (Å²) < 4.78 is 24.9. The van der Waals surface area contributed by atoms with E-state index in [1.54, 1.807) is 31.2 Å². The molecule has 0 radical (unpaired) electrons. The number of nitro benzene ring substituents is 1. The van der Waals surface area contributed by atoms with E-state index >= 15 is 0 Å². The fourth-order valence-corrected chi connectivity index (χ4v) is 4.72. The Morgan fingerprint density at radius 1 is 1.13 bits per heavy atom. The smallest absolute Gasteiger partial charge is 0.273 e. The Bertz CT molecular complexity index is 1200. The van der Waals surface area contributed by atoms with E-state index in [1.165, 1.54) is 18.2 Å². The summed E-state index contributed by atoms with van der Waals surface area (Å²) in [6, 6.07) is 10.8. The third-order valence-electron chi connectivity index (χ3n) is 4.32.